The first-order valence-electron chi connectivity index (χ1n) is 16.6. The Labute approximate surface area is 282 Å². The first-order valence-corrected chi connectivity index (χ1v) is 16.6. The number of hydrogen-bond acceptors (Lipinski definition) is 3. The van der Waals surface area contributed by atoms with Crippen LogP contribution < -0.4 is 4.90 Å². The zero-order chi connectivity index (χ0) is 32.3. The molecule has 8 aromatic carbocycles. The SMILES string of the molecule is c1ccc(N(c2ccc(-c3cccc4ccccc34)cc2)c2ccc3oc4ccccc4c3c2)c(-c2ccc3oc4ccccc4c3c2)c1. The molecule has 49 heavy (non-hydrogen) atoms. The topological polar surface area (TPSA) is 29.5 Å². The van der Waals surface area contributed by atoms with Crippen LogP contribution in [0.4, 0.5) is 17.1 Å². The molecule has 3 heteroatoms. The minimum absolute atomic E-state index is 0.877. The summed E-state index contributed by atoms with van der Waals surface area (Å²) in [5.74, 6) is 0. The number of fused-ring (bicyclic) bond motifs is 7. The number of anilines is 3. The summed E-state index contributed by atoms with van der Waals surface area (Å²) in [5.41, 5.74) is 11.4. The molecule has 0 N–H and O–H groups in total. The van der Waals surface area contributed by atoms with Crippen molar-refractivity contribution in [1.82, 2.24) is 0 Å². The maximum atomic E-state index is 6.23. The van der Waals surface area contributed by atoms with Gasteiger partial charge in [0.2, 0.25) is 0 Å². The molecule has 0 fully saturated rings. The second kappa shape index (κ2) is 11.0. The lowest BCUT2D eigenvalue weighted by Gasteiger charge is -2.28. The maximum absolute atomic E-state index is 6.23. The fourth-order valence-electron chi connectivity index (χ4n) is 7.35. The third-order valence-electron chi connectivity index (χ3n) is 9.68. The van der Waals surface area contributed by atoms with Gasteiger partial charge in [0.25, 0.3) is 0 Å². The van der Waals surface area contributed by atoms with Crippen molar-refractivity contribution in [2.75, 3.05) is 4.90 Å². The van der Waals surface area contributed by atoms with Crippen LogP contribution in [0.5, 0.6) is 0 Å². The molecule has 0 radical (unpaired) electrons. The van der Waals surface area contributed by atoms with Crippen molar-refractivity contribution >= 4 is 71.7 Å². The second-order valence-electron chi connectivity index (χ2n) is 12.5. The zero-order valence-corrected chi connectivity index (χ0v) is 26.5. The fraction of sp³-hybridized carbons (Fsp3) is 0. The van der Waals surface area contributed by atoms with Crippen molar-refractivity contribution in [1.29, 1.82) is 0 Å². The molecular formula is C46H29NO2. The molecule has 0 spiro atoms. The smallest absolute Gasteiger partial charge is 0.135 e. The standard InChI is InChI=1S/C46H29NO2/c1-2-12-35-30(10-1)11-9-16-36(35)31-20-23-33(24-21-31)47(34-25-27-46-41(29-34)39-15-5-8-19-44(39)49-46)42-17-6-3-13-37(42)32-22-26-45-40(28-32)38-14-4-7-18-43(38)48-45/h1-29H. The van der Waals surface area contributed by atoms with Gasteiger partial charge in [-0.15, -0.1) is 0 Å². The molecule has 0 atom stereocenters. The molecule has 0 amide bonds. The minimum Gasteiger partial charge on any atom is -0.456 e. The Bertz CT molecular complexity index is 2830. The van der Waals surface area contributed by atoms with Crippen LogP contribution in [0.25, 0.3) is 76.9 Å². The molecule has 3 nitrogen and oxygen atoms in total. The van der Waals surface area contributed by atoms with E-state index in [2.05, 4.69) is 157 Å². The Morgan fingerprint density at radius 1 is 0.327 bits per heavy atom. The average molecular weight is 628 g/mol. The van der Waals surface area contributed by atoms with Gasteiger partial charge in [-0.1, -0.05) is 115 Å². The Balaban J connectivity index is 1.17. The summed E-state index contributed by atoms with van der Waals surface area (Å²) in [6, 6.07) is 62.2. The van der Waals surface area contributed by atoms with Gasteiger partial charge in [-0.25, -0.2) is 0 Å². The highest BCUT2D eigenvalue weighted by Crippen LogP contribution is 2.44. The largest absolute Gasteiger partial charge is 0.456 e. The quantitative estimate of drug-likeness (QED) is 0.190. The van der Waals surface area contributed by atoms with Gasteiger partial charge in [0, 0.05) is 38.5 Å². The van der Waals surface area contributed by atoms with Crippen molar-refractivity contribution in [3.05, 3.63) is 176 Å². The van der Waals surface area contributed by atoms with Crippen LogP contribution in [0.1, 0.15) is 0 Å². The van der Waals surface area contributed by atoms with Crippen LogP contribution in [-0.2, 0) is 0 Å². The van der Waals surface area contributed by atoms with E-state index >= 15 is 0 Å². The second-order valence-corrected chi connectivity index (χ2v) is 12.5. The summed E-state index contributed by atoms with van der Waals surface area (Å²) in [6.45, 7) is 0. The van der Waals surface area contributed by atoms with Gasteiger partial charge in [0.15, 0.2) is 0 Å². The zero-order valence-electron chi connectivity index (χ0n) is 26.5. The predicted octanol–water partition coefficient (Wildman–Crippen LogP) is 13.4. The molecule has 0 saturated heterocycles. The third kappa shape index (κ3) is 4.51. The Kier molecular flexibility index (Phi) is 6.18. The van der Waals surface area contributed by atoms with Gasteiger partial charge in [-0.3, -0.25) is 0 Å². The summed E-state index contributed by atoms with van der Waals surface area (Å²) in [5, 5.41) is 6.92. The Morgan fingerprint density at radius 2 is 0.857 bits per heavy atom. The van der Waals surface area contributed by atoms with E-state index in [9.17, 15) is 0 Å². The molecule has 0 aliphatic heterocycles. The van der Waals surface area contributed by atoms with Crippen molar-refractivity contribution in [3.63, 3.8) is 0 Å². The van der Waals surface area contributed by atoms with Gasteiger partial charge in [-0.05, 0) is 88.1 Å². The van der Waals surface area contributed by atoms with Gasteiger partial charge in [0.05, 0.1) is 5.69 Å². The molecule has 0 aliphatic carbocycles. The van der Waals surface area contributed by atoms with Crippen molar-refractivity contribution in [3.8, 4) is 22.3 Å². The maximum Gasteiger partial charge on any atom is 0.135 e. The van der Waals surface area contributed by atoms with Crippen LogP contribution in [-0.4, -0.2) is 0 Å². The lowest BCUT2D eigenvalue weighted by Crippen LogP contribution is -2.11. The number of rotatable bonds is 5. The molecule has 0 unspecified atom stereocenters. The van der Waals surface area contributed by atoms with E-state index in [1.165, 1.54) is 21.9 Å². The Morgan fingerprint density at radius 3 is 1.63 bits per heavy atom. The van der Waals surface area contributed by atoms with E-state index in [0.717, 1.165) is 72.1 Å². The summed E-state index contributed by atoms with van der Waals surface area (Å²) in [6.07, 6.45) is 0. The Hall–Kier alpha value is -6.58. The normalized spacial score (nSPS) is 11.7. The van der Waals surface area contributed by atoms with Crippen molar-refractivity contribution in [2.24, 2.45) is 0 Å². The monoisotopic (exact) mass is 627 g/mol. The molecule has 2 heterocycles. The highest BCUT2D eigenvalue weighted by molar-refractivity contribution is 6.08. The number of furan rings is 2. The third-order valence-corrected chi connectivity index (χ3v) is 9.68. The molecule has 10 aromatic rings. The number of hydrogen-bond donors (Lipinski definition) is 0. The van der Waals surface area contributed by atoms with Gasteiger partial charge < -0.3 is 13.7 Å². The summed E-state index contributed by atoms with van der Waals surface area (Å²) in [7, 11) is 0. The van der Waals surface area contributed by atoms with E-state index in [4.69, 9.17) is 8.83 Å². The average Bonchev–Trinajstić information content (AvgIpc) is 3.73. The van der Waals surface area contributed by atoms with E-state index in [-0.39, 0.29) is 0 Å². The number of para-hydroxylation sites is 3. The van der Waals surface area contributed by atoms with E-state index in [1.807, 2.05) is 24.3 Å². The molecule has 0 aliphatic rings. The highest BCUT2D eigenvalue weighted by atomic mass is 16.3. The first-order chi connectivity index (χ1) is 24.3. The highest BCUT2D eigenvalue weighted by Gasteiger charge is 2.20. The molecule has 0 saturated carbocycles. The number of nitrogens with zero attached hydrogens (tertiary/aromatic N) is 1. The summed E-state index contributed by atoms with van der Waals surface area (Å²) < 4.78 is 12.4. The fourth-order valence-corrected chi connectivity index (χ4v) is 7.35. The number of benzene rings is 8. The predicted molar refractivity (Wildman–Crippen MR) is 204 cm³/mol. The van der Waals surface area contributed by atoms with Gasteiger partial charge in [-0.2, -0.15) is 0 Å². The van der Waals surface area contributed by atoms with Gasteiger partial charge in [0.1, 0.15) is 22.3 Å². The minimum atomic E-state index is 0.877. The van der Waals surface area contributed by atoms with Crippen molar-refractivity contribution in [2.45, 2.75) is 0 Å². The molecular weight excluding hydrogens is 599 g/mol. The van der Waals surface area contributed by atoms with E-state index < -0.39 is 0 Å². The molecule has 10 rings (SSSR count). The van der Waals surface area contributed by atoms with Crippen LogP contribution in [0, 0.1) is 0 Å². The first kappa shape index (κ1) is 27.5. The van der Waals surface area contributed by atoms with E-state index in [0.29, 0.717) is 0 Å². The molecule has 230 valence electrons. The summed E-state index contributed by atoms with van der Waals surface area (Å²) in [4.78, 5) is 2.36. The van der Waals surface area contributed by atoms with Crippen LogP contribution in [0.15, 0.2) is 185 Å². The lowest BCUT2D eigenvalue weighted by atomic mass is 9.97. The van der Waals surface area contributed by atoms with Crippen LogP contribution in [0.2, 0.25) is 0 Å². The van der Waals surface area contributed by atoms with Gasteiger partial charge >= 0.3 is 0 Å². The van der Waals surface area contributed by atoms with Crippen LogP contribution >= 0.6 is 0 Å². The van der Waals surface area contributed by atoms with Crippen LogP contribution in [0.3, 0.4) is 0 Å². The summed E-state index contributed by atoms with van der Waals surface area (Å²) >= 11 is 0. The lowest BCUT2D eigenvalue weighted by molar-refractivity contribution is 0.668. The van der Waals surface area contributed by atoms with Crippen molar-refractivity contribution < 1.29 is 8.83 Å². The molecule has 0 bridgehead atoms. The van der Waals surface area contributed by atoms with E-state index in [1.54, 1.807) is 0 Å². The molecule has 2 aromatic heterocycles.